The van der Waals surface area contributed by atoms with Crippen molar-refractivity contribution in [3.63, 3.8) is 0 Å². The van der Waals surface area contributed by atoms with Crippen LogP contribution in [0.2, 0.25) is 5.02 Å². The van der Waals surface area contributed by atoms with E-state index in [0.717, 1.165) is 44.7 Å². The minimum absolute atomic E-state index is 0.134. The summed E-state index contributed by atoms with van der Waals surface area (Å²) in [6.45, 7) is 0. The van der Waals surface area contributed by atoms with E-state index < -0.39 is 0 Å². The summed E-state index contributed by atoms with van der Waals surface area (Å²) < 4.78 is 10.6. The van der Waals surface area contributed by atoms with Crippen LogP contribution in [-0.2, 0) is 4.08 Å². The molecule has 0 spiro atoms. The molecule has 1 saturated heterocycles. The Balaban J connectivity index is 1.73. The van der Waals surface area contributed by atoms with Gasteiger partial charge in [-0.15, -0.1) is 23.5 Å². The second-order valence-corrected chi connectivity index (χ2v) is 11.0. The van der Waals surface area contributed by atoms with E-state index in [4.69, 9.17) is 21.1 Å². The molecule has 0 N–H and O–H groups in total. The highest BCUT2D eigenvalue weighted by atomic mass is 35.5. The Labute approximate surface area is 210 Å². The molecule has 2 nitrogen and oxygen atoms in total. The Morgan fingerprint density at radius 3 is 1.94 bits per heavy atom. The van der Waals surface area contributed by atoms with Gasteiger partial charge < -0.3 is 9.47 Å². The summed E-state index contributed by atoms with van der Waals surface area (Å²) in [5.41, 5.74) is 4.64. The molecule has 4 rings (SSSR count). The van der Waals surface area contributed by atoms with Gasteiger partial charge in [0.1, 0.15) is 15.6 Å². The molecule has 3 aromatic carbocycles. The van der Waals surface area contributed by atoms with Gasteiger partial charge in [-0.2, -0.15) is 0 Å². The minimum atomic E-state index is -0.134. The quantitative estimate of drug-likeness (QED) is 0.309. The molecule has 170 valence electrons. The third-order valence-electron chi connectivity index (χ3n) is 5.53. The van der Waals surface area contributed by atoms with Gasteiger partial charge in [0.15, 0.2) is 0 Å². The van der Waals surface area contributed by atoms with E-state index in [-0.39, 0.29) is 4.08 Å². The summed E-state index contributed by atoms with van der Waals surface area (Å²) in [5.74, 6) is 3.96. The number of methoxy groups -OCH3 is 2. The van der Waals surface area contributed by atoms with Crippen molar-refractivity contribution in [2.75, 3.05) is 25.7 Å². The molecule has 1 aliphatic rings. The van der Waals surface area contributed by atoms with Crippen LogP contribution in [0.1, 0.15) is 23.1 Å². The first-order valence-corrected chi connectivity index (χ1v) is 13.2. The van der Waals surface area contributed by atoms with Gasteiger partial charge in [0.05, 0.1) is 14.2 Å². The lowest BCUT2D eigenvalue weighted by Gasteiger charge is -2.34. The Kier molecular flexibility index (Phi) is 8.13. The largest absolute Gasteiger partial charge is 0.497 e. The zero-order valence-electron chi connectivity index (χ0n) is 18.8. The fourth-order valence-corrected chi connectivity index (χ4v) is 7.11. The molecule has 0 amide bonds. The number of allylic oxidation sites excluding steroid dienone is 2. The Morgan fingerprint density at radius 2 is 1.42 bits per heavy atom. The molecule has 0 aliphatic carbocycles. The molecular formula is C28H27ClO2S2. The summed E-state index contributed by atoms with van der Waals surface area (Å²) in [4.78, 5) is 0. The average Bonchev–Trinajstić information content (AvgIpc) is 2.87. The Bertz CT molecular complexity index is 1070. The standard InChI is InChI=1S/C28H27ClO2S2/c1-30-25-13-9-21(10-14-25)27(22-11-15-26(31-2)16-12-22)8-4-17-28(32-18-5-19-33-28)23-6-3-7-24(29)20-23/h3-4,6-17,20H,5,18-19H2,1-2H3. The van der Waals surface area contributed by atoms with E-state index in [1.165, 1.54) is 12.0 Å². The van der Waals surface area contributed by atoms with Crippen molar-refractivity contribution in [2.45, 2.75) is 10.5 Å². The Morgan fingerprint density at radius 1 is 0.848 bits per heavy atom. The summed E-state index contributed by atoms with van der Waals surface area (Å²) >= 11 is 10.3. The number of thioether (sulfide) groups is 2. The zero-order valence-corrected chi connectivity index (χ0v) is 21.2. The van der Waals surface area contributed by atoms with Crippen molar-refractivity contribution >= 4 is 40.7 Å². The molecule has 1 fully saturated rings. The van der Waals surface area contributed by atoms with Gasteiger partial charge in [0.2, 0.25) is 0 Å². The monoisotopic (exact) mass is 494 g/mol. The summed E-state index contributed by atoms with van der Waals surface area (Å²) in [6.07, 6.45) is 7.94. The van der Waals surface area contributed by atoms with Crippen LogP contribution in [0, 0.1) is 0 Å². The summed E-state index contributed by atoms with van der Waals surface area (Å²) in [5, 5.41) is 0.778. The SMILES string of the molecule is COc1ccc(C(=CC=CC2(c3cccc(Cl)c3)SCCCS2)c2ccc(OC)cc2)cc1. The zero-order chi connectivity index (χ0) is 23.1. The maximum absolute atomic E-state index is 6.35. The molecule has 33 heavy (non-hydrogen) atoms. The molecular weight excluding hydrogens is 468 g/mol. The second kappa shape index (κ2) is 11.2. The van der Waals surface area contributed by atoms with Crippen molar-refractivity contribution in [1.29, 1.82) is 0 Å². The molecule has 1 aliphatic heterocycles. The van der Waals surface area contributed by atoms with E-state index in [0.29, 0.717) is 0 Å². The van der Waals surface area contributed by atoms with Crippen LogP contribution in [0.4, 0.5) is 0 Å². The molecule has 0 saturated carbocycles. The van der Waals surface area contributed by atoms with Crippen molar-refractivity contribution in [3.05, 3.63) is 113 Å². The molecule has 0 atom stereocenters. The van der Waals surface area contributed by atoms with Gasteiger partial charge in [0.25, 0.3) is 0 Å². The average molecular weight is 495 g/mol. The Hall–Kier alpha value is -2.27. The molecule has 1 heterocycles. The number of hydrogen-bond donors (Lipinski definition) is 0. The number of halogens is 1. The normalized spacial score (nSPS) is 15.2. The highest BCUT2D eigenvalue weighted by Gasteiger charge is 2.33. The van der Waals surface area contributed by atoms with E-state index in [1.54, 1.807) is 14.2 Å². The minimum Gasteiger partial charge on any atom is -0.497 e. The molecule has 5 heteroatoms. The molecule has 0 radical (unpaired) electrons. The number of rotatable bonds is 7. The van der Waals surface area contributed by atoms with E-state index in [1.807, 2.05) is 59.9 Å². The van der Waals surface area contributed by atoms with Gasteiger partial charge in [-0.1, -0.05) is 66.2 Å². The summed E-state index contributed by atoms with van der Waals surface area (Å²) in [6, 6.07) is 24.6. The van der Waals surface area contributed by atoms with Crippen LogP contribution >= 0.6 is 35.1 Å². The lowest BCUT2D eigenvalue weighted by molar-refractivity contribution is 0.414. The number of hydrogen-bond acceptors (Lipinski definition) is 4. The second-order valence-electron chi connectivity index (χ2n) is 7.62. The van der Waals surface area contributed by atoms with Crippen LogP contribution in [0.15, 0.2) is 91.0 Å². The first kappa shape index (κ1) is 23.9. The molecule has 0 bridgehead atoms. The maximum Gasteiger partial charge on any atom is 0.118 e. The van der Waals surface area contributed by atoms with Gasteiger partial charge in [-0.25, -0.2) is 0 Å². The lowest BCUT2D eigenvalue weighted by Crippen LogP contribution is -2.20. The molecule has 0 unspecified atom stereocenters. The smallest absolute Gasteiger partial charge is 0.118 e. The highest BCUT2D eigenvalue weighted by molar-refractivity contribution is 8.18. The number of benzene rings is 3. The van der Waals surface area contributed by atoms with Gasteiger partial charge >= 0.3 is 0 Å². The molecule has 3 aromatic rings. The molecule has 0 aromatic heterocycles. The van der Waals surface area contributed by atoms with Gasteiger partial charge in [0, 0.05) is 5.02 Å². The van der Waals surface area contributed by atoms with Crippen LogP contribution in [-0.4, -0.2) is 25.7 Å². The fraction of sp³-hybridized carbons (Fsp3) is 0.214. The van der Waals surface area contributed by atoms with Crippen molar-refractivity contribution in [3.8, 4) is 11.5 Å². The van der Waals surface area contributed by atoms with Crippen LogP contribution < -0.4 is 9.47 Å². The summed E-state index contributed by atoms with van der Waals surface area (Å²) in [7, 11) is 3.37. The third-order valence-corrected chi connectivity index (χ3v) is 9.06. The first-order chi connectivity index (χ1) is 16.1. The maximum atomic E-state index is 6.35. The predicted molar refractivity (Wildman–Crippen MR) is 145 cm³/mol. The van der Waals surface area contributed by atoms with E-state index in [9.17, 15) is 0 Å². The van der Waals surface area contributed by atoms with Gasteiger partial charge in [-0.05, 0) is 76.6 Å². The van der Waals surface area contributed by atoms with Crippen molar-refractivity contribution < 1.29 is 9.47 Å². The topological polar surface area (TPSA) is 18.5 Å². The third kappa shape index (κ3) is 5.81. The van der Waals surface area contributed by atoms with Crippen LogP contribution in [0.25, 0.3) is 5.57 Å². The number of ether oxygens (including phenoxy) is 2. The van der Waals surface area contributed by atoms with Crippen LogP contribution in [0.5, 0.6) is 11.5 Å². The van der Waals surface area contributed by atoms with Crippen molar-refractivity contribution in [1.82, 2.24) is 0 Å². The predicted octanol–water partition coefficient (Wildman–Crippen LogP) is 8.07. The van der Waals surface area contributed by atoms with E-state index in [2.05, 4.69) is 54.6 Å². The fourth-order valence-electron chi connectivity index (χ4n) is 3.78. The highest BCUT2D eigenvalue weighted by Crippen LogP contribution is 2.51. The first-order valence-electron chi connectivity index (χ1n) is 10.9. The van der Waals surface area contributed by atoms with Crippen molar-refractivity contribution in [2.24, 2.45) is 0 Å². The van der Waals surface area contributed by atoms with E-state index >= 15 is 0 Å². The van der Waals surface area contributed by atoms with Crippen LogP contribution in [0.3, 0.4) is 0 Å². The van der Waals surface area contributed by atoms with Gasteiger partial charge in [-0.3, -0.25) is 0 Å². The lowest BCUT2D eigenvalue weighted by atomic mass is 9.97.